The number of carboxylic acid groups (broad SMARTS) is 1. The van der Waals surface area contributed by atoms with Crippen molar-refractivity contribution in [1.82, 2.24) is 25.2 Å². The summed E-state index contributed by atoms with van der Waals surface area (Å²) in [5.74, 6) is -0.856. The second-order valence-corrected chi connectivity index (χ2v) is 6.11. The maximum absolute atomic E-state index is 11.3. The normalized spacial score (nSPS) is 18.5. The summed E-state index contributed by atoms with van der Waals surface area (Å²) in [7, 11) is 0. The van der Waals surface area contributed by atoms with Gasteiger partial charge in [0.25, 0.3) is 0 Å². The fraction of sp³-hybridized carbons (Fsp3) is 0.583. The van der Waals surface area contributed by atoms with Crippen LogP contribution in [0.4, 0.5) is 0 Å². The van der Waals surface area contributed by atoms with Crippen molar-refractivity contribution in [2.45, 2.75) is 38.7 Å². The summed E-state index contributed by atoms with van der Waals surface area (Å²) in [5, 5.41) is 26.6. The molecule has 8 nitrogen and oxygen atoms in total. The van der Waals surface area contributed by atoms with Gasteiger partial charge in [0.2, 0.25) is 5.13 Å². The Morgan fingerprint density at radius 3 is 2.81 bits per heavy atom. The maximum atomic E-state index is 11.3. The highest BCUT2D eigenvalue weighted by molar-refractivity contribution is 7.13. The number of ether oxygens (including phenoxy) is 1. The molecule has 2 aromatic rings. The third kappa shape index (κ3) is 2.54. The number of rotatable bonds is 4. The Bertz CT molecular complexity index is 660. The fourth-order valence-corrected chi connectivity index (χ4v) is 3.02. The first kappa shape index (κ1) is 14.1. The van der Waals surface area contributed by atoms with Gasteiger partial charge in [-0.25, -0.2) is 4.79 Å². The first-order chi connectivity index (χ1) is 10.1. The highest BCUT2D eigenvalue weighted by atomic mass is 32.1. The van der Waals surface area contributed by atoms with Crippen LogP contribution in [-0.4, -0.2) is 42.9 Å². The molecule has 1 N–H and O–H groups in total. The van der Waals surface area contributed by atoms with E-state index in [2.05, 4.69) is 20.5 Å². The second-order valence-electron chi connectivity index (χ2n) is 5.12. The Labute approximate surface area is 124 Å². The van der Waals surface area contributed by atoms with Crippen LogP contribution in [0.5, 0.6) is 0 Å². The highest BCUT2D eigenvalue weighted by Crippen LogP contribution is 2.32. The molecule has 1 aliphatic rings. The summed E-state index contributed by atoms with van der Waals surface area (Å²) >= 11 is 1.38. The van der Waals surface area contributed by atoms with Gasteiger partial charge in [0.1, 0.15) is 16.8 Å². The van der Waals surface area contributed by atoms with Crippen molar-refractivity contribution in [3.05, 3.63) is 16.4 Å². The molecule has 3 heterocycles. The van der Waals surface area contributed by atoms with Crippen molar-refractivity contribution in [3.8, 4) is 5.13 Å². The average molecular weight is 309 g/mol. The Morgan fingerprint density at radius 1 is 1.43 bits per heavy atom. The number of hydrogen-bond donors (Lipinski definition) is 1. The molecule has 112 valence electrons. The molecule has 1 aliphatic heterocycles. The largest absolute Gasteiger partial charge is 0.476 e. The summed E-state index contributed by atoms with van der Waals surface area (Å²) < 4.78 is 7.04. The number of carboxylic acids is 1. The lowest BCUT2D eigenvalue weighted by Gasteiger charge is -2.10. The van der Waals surface area contributed by atoms with Gasteiger partial charge in [0.15, 0.2) is 5.69 Å². The van der Waals surface area contributed by atoms with Crippen molar-refractivity contribution in [3.63, 3.8) is 0 Å². The molecule has 0 aromatic carbocycles. The smallest absolute Gasteiger partial charge is 0.358 e. The van der Waals surface area contributed by atoms with Crippen LogP contribution in [0.2, 0.25) is 0 Å². The Morgan fingerprint density at radius 2 is 2.24 bits per heavy atom. The molecule has 1 saturated heterocycles. The van der Waals surface area contributed by atoms with E-state index in [9.17, 15) is 9.90 Å². The van der Waals surface area contributed by atoms with E-state index in [1.54, 1.807) is 0 Å². The molecule has 0 amide bonds. The molecule has 1 fully saturated rings. The molecule has 2 aromatic heterocycles. The van der Waals surface area contributed by atoms with Gasteiger partial charge in [0.05, 0.1) is 0 Å². The lowest BCUT2D eigenvalue weighted by Crippen LogP contribution is -2.11. The number of hydrogen-bond acceptors (Lipinski definition) is 7. The fourth-order valence-electron chi connectivity index (χ4n) is 2.21. The zero-order chi connectivity index (χ0) is 15.0. The SMILES string of the molecule is CC(C)c1nnc(-n2nnc(C(=O)O)c2C2CCCO2)s1. The summed E-state index contributed by atoms with van der Waals surface area (Å²) in [6.45, 7) is 4.66. The molecule has 3 rings (SSSR count). The van der Waals surface area contributed by atoms with E-state index < -0.39 is 5.97 Å². The summed E-state index contributed by atoms with van der Waals surface area (Å²) in [6.07, 6.45) is 1.34. The highest BCUT2D eigenvalue weighted by Gasteiger charge is 2.31. The van der Waals surface area contributed by atoms with Crippen LogP contribution < -0.4 is 0 Å². The van der Waals surface area contributed by atoms with Gasteiger partial charge >= 0.3 is 5.97 Å². The summed E-state index contributed by atoms with van der Waals surface area (Å²) in [6, 6.07) is 0. The summed E-state index contributed by atoms with van der Waals surface area (Å²) in [5.41, 5.74) is 0.370. The predicted octanol–water partition coefficient (Wildman–Crippen LogP) is 1.79. The minimum atomic E-state index is -1.11. The number of nitrogens with zero attached hydrogens (tertiary/aromatic N) is 5. The first-order valence-electron chi connectivity index (χ1n) is 6.72. The van der Waals surface area contributed by atoms with Crippen molar-refractivity contribution in [2.75, 3.05) is 6.61 Å². The quantitative estimate of drug-likeness (QED) is 0.918. The molecule has 0 bridgehead atoms. The Kier molecular flexibility index (Phi) is 3.68. The van der Waals surface area contributed by atoms with Gasteiger partial charge in [-0.2, -0.15) is 4.68 Å². The van der Waals surface area contributed by atoms with Crippen molar-refractivity contribution in [1.29, 1.82) is 0 Å². The Hall–Kier alpha value is -1.87. The minimum absolute atomic E-state index is 0.0804. The monoisotopic (exact) mass is 309 g/mol. The molecule has 0 aliphatic carbocycles. The molecular weight excluding hydrogens is 294 g/mol. The zero-order valence-electron chi connectivity index (χ0n) is 11.7. The van der Waals surface area contributed by atoms with Gasteiger partial charge in [0, 0.05) is 12.5 Å². The van der Waals surface area contributed by atoms with Crippen LogP contribution in [0.1, 0.15) is 59.9 Å². The first-order valence-corrected chi connectivity index (χ1v) is 7.54. The average Bonchev–Trinajstić information content (AvgIpc) is 3.17. The van der Waals surface area contributed by atoms with E-state index in [-0.39, 0.29) is 17.7 Å². The third-order valence-electron chi connectivity index (χ3n) is 3.25. The summed E-state index contributed by atoms with van der Waals surface area (Å²) in [4.78, 5) is 11.3. The number of aromatic nitrogens is 5. The third-order valence-corrected chi connectivity index (χ3v) is 4.45. The molecular formula is C12H15N5O3S. The maximum Gasteiger partial charge on any atom is 0.358 e. The predicted molar refractivity (Wildman–Crippen MR) is 73.8 cm³/mol. The van der Waals surface area contributed by atoms with Crippen LogP contribution >= 0.6 is 11.3 Å². The van der Waals surface area contributed by atoms with Crippen LogP contribution in [0.3, 0.4) is 0 Å². The van der Waals surface area contributed by atoms with Crippen LogP contribution in [0.25, 0.3) is 5.13 Å². The van der Waals surface area contributed by atoms with Crippen molar-refractivity contribution in [2.24, 2.45) is 0 Å². The molecule has 0 spiro atoms. The van der Waals surface area contributed by atoms with E-state index in [1.165, 1.54) is 16.0 Å². The molecule has 21 heavy (non-hydrogen) atoms. The van der Waals surface area contributed by atoms with Gasteiger partial charge < -0.3 is 9.84 Å². The lowest BCUT2D eigenvalue weighted by atomic mass is 10.1. The topological polar surface area (TPSA) is 103 Å². The van der Waals surface area contributed by atoms with E-state index >= 15 is 0 Å². The van der Waals surface area contributed by atoms with Gasteiger partial charge in [-0.1, -0.05) is 30.4 Å². The molecule has 9 heteroatoms. The zero-order valence-corrected chi connectivity index (χ0v) is 12.5. The molecule has 1 atom stereocenters. The van der Waals surface area contributed by atoms with Gasteiger partial charge in [-0.05, 0) is 12.8 Å². The van der Waals surface area contributed by atoms with E-state index in [0.29, 0.717) is 17.4 Å². The minimum Gasteiger partial charge on any atom is -0.476 e. The standard InChI is InChI=1S/C12H15N5O3S/c1-6(2)10-14-15-12(21-10)17-9(7-4-3-5-20-7)8(11(18)19)13-16-17/h6-7H,3-5H2,1-2H3,(H,18,19). The van der Waals surface area contributed by atoms with E-state index in [4.69, 9.17) is 4.74 Å². The lowest BCUT2D eigenvalue weighted by molar-refractivity contribution is 0.0673. The van der Waals surface area contributed by atoms with Crippen LogP contribution in [-0.2, 0) is 4.74 Å². The Balaban J connectivity index is 2.06. The van der Waals surface area contributed by atoms with Gasteiger partial charge in [-0.3, -0.25) is 0 Å². The van der Waals surface area contributed by atoms with Crippen LogP contribution in [0.15, 0.2) is 0 Å². The molecule has 1 unspecified atom stereocenters. The van der Waals surface area contributed by atoms with Crippen LogP contribution in [0, 0.1) is 0 Å². The second kappa shape index (κ2) is 5.49. The van der Waals surface area contributed by atoms with E-state index in [0.717, 1.165) is 17.8 Å². The number of aromatic carboxylic acids is 1. The van der Waals surface area contributed by atoms with Gasteiger partial charge in [-0.15, -0.1) is 15.3 Å². The molecule has 0 saturated carbocycles. The van der Waals surface area contributed by atoms with E-state index in [1.807, 2.05) is 13.8 Å². The van der Waals surface area contributed by atoms with Crippen molar-refractivity contribution >= 4 is 17.3 Å². The van der Waals surface area contributed by atoms with Crippen molar-refractivity contribution < 1.29 is 14.6 Å². The number of carbonyl (C=O) groups is 1. The molecule has 0 radical (unpaired) electrons.